The molecule has 158 valence electrons. The highest BCUT2D eigenvalue weighted by Crippen LogP contribution is 2.33. The Balaban J connectivity index is 1.93. The molecular formula is C21H21FN2O6. The summed E-state index contributed by atoms with van der Waals surface area (Å²) in [6, 6.07) is 10.5. The fourth-order valence-corrected chi connectivity index (χ4v) is 2.94. The van der Waals surface area contributed by atoms with Crippen LogP contribution >= 0.6 is 0 Å². The van der Waals surface area contributed by atoms with Crippen LogP contribution in [-0.4, -0.2) is 55.8 Å². The average Bonchev–Trinajstić information content (AvgIpc) is 3.06. The third-order valence-electron chi connectivity index (χ3n) is 4.44. The van der Waals surface area contributed by atoms with E-state index in [0.717, 1.165) is 6.07 Å². The summed E-state index contributed by atoms with van der Waals surface area (Å²) in [4.78, 5) is 26.1. The number of nitrogens with zero attached hydrogens (tertiary/aromatic N) is 1. The van der Waals surface area contributed by atoms with E-state index in [1.54, 1.807) is 31.4 Å². The summed E-state index contributed by atoms with van der Waals surface area (Å²) in [6.45, 7) is -0.249. The highest BCUT2D eigenvalue weighted by molar-refractivity contribution is 6.08. The van der Waals surface area contributed by atoms with Crippen LogP contribution in [0.25, 0.3) is 0 Å². The molecule has 0 saturated heterocycles. The van der Waals surface area contributed by atoms with Crippen LogP contribution in [0.15, 0.2) is 53.7 Å². The van der Waals surface area contributed by atoms with Crippen LogP contribution in [0.4, 0.5) is 10.1 Å². The number of aliphatic hydroxyl groups excluding tert-OH is 1. The van der Waals surface area contributed by atoms with Crippen molar-refractivity contribution < 1.29 is 33.3 Å². The third-order valence-corrected chi connectivity index (χ3v) is 4.44. The normalized spacial score (nSPS) is 13.5. The maximum Gasteiger partial charge on any atom is 0.337 e. The van der Waals surface area contributed by atoms with E-state index in [4.69, 9.17) is 19.3 Å². The van der Waals surface area contributed by atoms with E-state index >= 15 is 0 Å². The van der Waals surface area contributed by atoms with Gasteiger partial charge in [0.05, 0.1) is 38.6 Å². The van der Waals surface area contributed by atoms with E-state index in [1.165, 1.54) is 24.1 Å². The predicted molar refractivity (Wildman–Crippen MR) is 106 cm³/mol. The van der Waals surface area contributed by atoms with Gasteiger partial charge in [0.15, 0.2) is 5.75 Å². The van der Waals surface area contributed by atoms with Crippen molar-refractivity contribution >= 4 is 17.6 Å². The molecule has 2 aromatic carbocycles. The van der Waals surface area contributed by atoms with E-state index in [2.05, 4.69) is 5.32 Å². The number of amides is 1. The summed E-state index contributed by atoms with van der Waals surface area (Å²) >= 11 is 0. The summed E-state index contributed by atoms with van der Waals surface area (Å²) in [6.07, 6.45) is 0. The Kier molecular flexibility index (Phi) is 6.53. The van der Waals surface area contributed by atoms with E-state index < -0.39 is 17.7 Å². The summed E-state index contributed by atoms with van der Waals surface area (Å²) in [5.41, 5.74) is 0.178. The molecule has 1 amide bonds. The van der Waals surface area contributed by atoms with Gasteiger partial charge in [-0.15, -0.1) is 0 Å². The van der Waals surface area contributed by atoms with Crippen molar-refractivity contribution in [2.45, 2.75) is 0 Å². The minimum atomic E-state index is -0.694. The van der Waals surface area contributed by atoms with Crippen LogP contribution in [0.5, 0.6) is 17.2 Å². The fraction of sp³-hybridized carbons (Fsp3) is 0.238. The van der Waals surface area contributed by atoms with Crippen molar-refractivity contribution in [3.63, 3.8) is 0 Å². The zero-order valence-electron chi connectivity index (χ0n) is 16.5. The van der Waals surface area contributed by atoms with E-state index in [9.17, 15) is 14.0 Å². The summed E-state index contributed by atoms with van der Waals surface area (Å²) in [7, 11) is 2.75. The van der Waals surface area contributed by atoms with Crippen LogP contribution in [0.3, 0.4) is 0 Å². The standard InChI is InChI=1S/C21H21FN2O6/c1-28-14-4-6-15(7-5-14)30-18-8-3-13(22)11-17(18)23-19-16(21(27)29-2)12-24(9-10-25)20(19)26/h3-8,11,23,25H,9-10,12H2,1-2H3. The molecule has 9 heteroatoms. The SMILES string of the molecule is COC(=O)C1=C(Nc2cc(F)ccc2Oc2ccc(OC)cc2)C(=O)N(CCO)C1. The van der Waals surface area contributed by atoms with Gasteiger partial charge in [0.2, 0.25) is 0 Å². The number of benzene rings is 2. The fourth-order valence-electron chi connectivity index (χ4n) is 2.94. The number of esters is 1. The zero-order valence-corrected chi connectivity index (χ0v) is 16.5. The van der Waals surface area contributed by atoms with Crippen LogP contribution in [-0.2, 0) is 14.3 Å². The lowest BCUT2D eigenvalue weighted by molar-refractivity contribution is -0.136. The molecule has 3 rings (SSSR count). The highest BCUT2D eigenvalue weighted by Gasteiger charge is 2.34. The van der Waals surface area contributed by atoms with E-state index in [1.807, 2.05) is 0 Å². The van der Waals surface area contributed by atoms with Gasteiger partial charge in [0.25, 0.3) is 5.91 Å². The molecular weight excluding hydrogens is 395 g/mol. The van der Waals surface area contributed by atoms with Gasteiger partial charge in [-0.25, -0.2) is 9.18 Å². The van der Waals surface area contributed by atoms with Gasteiger partial charge in [-0.3, -0.25) is 4.79 Å². The molecule has 0 bridgehead atoms. The highest BCUT2D eigenvalue weighted by atomic mass is 19.1. The van der Waals surface area contributed by atoms with Crippen molar-refractivity contribution in [2.75, 3.05) is 39.2 Å². The van der Waals surface area contributed by atoms with Gasteiger partial charge >= 0.3 is 5.97 Å². The van der Waals surface area contributed by atoms with Gasteiger partial charge < -0.3 is 29.5 Å². The number of hydrogen-bond donors (Lipinski definition) is 2. The summed E-state index contributed by atoms with van der Waals surface area (Å²) < 4.78 is 29.6. The number of hydrogen-bond acceptors (Lipinski definition) is 7. The Morgan fingerprint density at radius 3 is 2.50 bits per heavy atom. The number of aliphatic hydroxyl groups is 1. The molecule has 1 heterocycles. The van der Waals surface area contributed by atoms with Crippen LogP contribution in [0.1, 0.15) is 0 Å². The Morgan fingerprint density at radius 1 is 1.17 bits per heavy atom. The second-order valence-corrected chi connectivity index (χ2v) is 6.34. The number of ether oxygens (including phenoxy) is 3. The summed E-state index contributed by atoms with van der Waals surface area (Å²) in [5, 5.41) is 12.0. The second-order valence-electron chi connectivity index (χ2n) is 6.34. The van der Waals surface area contributed by atoms with Gasteiger partial charge in [-0.2, -0.15) is 0 Å². The lowest BCUT2D eigenvalue weighted by Gasteiger charge is -2.16. The number of carbonyl (C=O) groups excluding carboxylic acids is 2. The number of anilines is 1. The number of nitrogens with one attached hydrogen (secondary N) is 1. The van der Waals surface area contributed by atoms with E-state index in [-0.39, 0.29) is 42.4 Å². The minimum absolute atomic E-state index is 0.0294. The first kappa shape index (κ1) is 21.1. The Bertz CT molecular complexity index is 974. The molecule has 0 fully saturated rings. The number of β-amino-alcohol motifs (C(OH)–C–C–N with tert-alkyl or cyclic N) is 1. The molecule has 0 saturated carbocycles. The molecule has 2 N–H and O–H groups in total. The van der Waals surface area contributed by atoms with Crippen molar-refractivity contribution in [2.24, 2.45) is 0 Å². The van der Waals surface area contributed by atoms with Crippen LogP contribution in [0.2, 0.25) is 0 Å². The Labute approximate surface area is 172 Å². The van der Waals surface area contributed by atoms with Gasteiger partial charge in [0, 0.05) is 12.6 Å². The molecule has 1 aliphatic rings. The molecule has 1 aliphatic heterocycles. The maximum absolute atomic E-state index is 13.9. The first-order valence-electron chi connectivity index (χ1n) is 9.07. The molecule has 0 spiro atoms. The largest absolute Gasteiger partial charge is 0.497 e. The average molecular weight is 416 g/mol. The van der Waals surface area contributed by atoms with Crippen LogP contribution < -0.4 is 14.8 Å². The second kappa shape index (κ2) is 9.27. The predicted octanol–water partition coefficient (Wildman–Crippen LogP) is 2.30. The van der Waals surface area contributed by atoms with Gasteiger partial charge in [-0.05, 0) is 36.4 Å². The third kappa shape index (κ3) is 4.52. The first-order chi connectivity index (χ1) is 14.5. The quantitative estimate of drug-likeness (QED) is 0.638. The Hall–Kier alpha value is -3.59. The van der Waals surface area contributed by atoms with Gasteiger partial charge in [-0.1, -0.05) is 0 Å². The molecule has 0 radical (unpaired) electrons. The van der Waals surface area contributed by atoms with Crippen LogP contribution in [0, 0.1) is 5.82 Å². The minimum Gasteiger partial charge on any atom is -0.497 e. The number of carbonyl (C=O) groups is 2. The van der Waals surface area contributed by atoms with E-state index in [0.29, 0.717) is 11.5 Å². The van der Waals surface area contributed by atoms with Crippen molar-refractivity contribution in [3.05, 3.63) is 59.6 Å². The smallest absolute Gasteiger partial charge is 0.337 e. The van der Waals surface area contributed by atoms with Crippen molar-refractivity contribution in [1.82, 2.24) is 4.90 Å². The molecule has 2 aromatic rings. The zero-order chi connectivity index (χ0) is 21.7. The molecule has 0 atom stereocenters. The molecule has 0 aliphatic carbocycles. The molecule has 30 heavy (non-hydrogen) atoms. The molecule has 0 aromatic heterocycles. The monoisotopic (exact) mass is 416 g/mol. The lowest BCUT2D eigenvalue weighted by atomic mass is 10.2. The van der Waals surface area contributed by atoms with Gasteiger partial charge in [0.1, 0.15) is 23.0 Å². The topological polar surface area (TPSA) is 97.3 Å². The molecule has 8 nitrogen and oxygen atoms in total. The van der Waals surface area contributed by atoms with Crippen molar-refractivity contribution in [3.8, 4) is 17.2 Å². The number of halogens is 1. The first-order valence-corrected chi connectivity index (χ1v) is 9.07. The number of rotatable bonds is 8. The Morgan fingerprint density at radius 2 is 1.87 bits per heavy atom. The summed E-state index contributed by atoms with van der Waals surface area (Å²) in [5.74, 6) is -0.408. The molecule has 0 unspecified atom stereocenters. The van der Waals surface area contributed by atoms with Crippen molar-refractivity contribution in [1.29, 1.82) is 0 Å². The maximum atomic E-state index is 13.9. The lowest BCUT2D eigenvalue weighted by Crippen LogP contribution is -2.31. The number of methoxy groups -OCH3 is 2.